The molecule has 0 saturated heterocycles. The number of hydrogen-bond donors (Lipinski definition) is 1. The molecule has 1 N–H and O–H groups in total. The lowest BCUT2D eigenvalue weighted by Gasteiger charge is -2.07. The molecule has 2 rings (SSSR count). The van der Waals surface area contributed by atoms with Crippen molar-refractivity contribution in [2.75, 3.05) is 7.11 Å². The van der Waals surface area contributed by atoms with Crippen LogP contribution in [-0.2, 0) is 11.9 Å². The van der Waals surface area contributed by atoms with Crippen molar-refractivity contribution in [3.05, 3.63) is 50.4 Å². The highest BCUT2D eigenvalue weighted by Gasteiger charge is 2.33. The van der Waals surface area contributed by atoms with Crippen LogP contribution in [0.4, 0.5) is 13.2 Å². The van der Waals surface area contributed by atoms with Gasteiger partial charge in [-0.1, -0.05) is 11.8 Å². The number of aromatic nitrogens is 2. The van der Waals surface area contributed by atoms with Crippen LogP contribution in [0.1, 0.15) is 11.5 Å². The molecule has 2 aromatic rings. The highest BCUT2D eigenvalue weighted by molar-refractivity contribution is 7.98. The Labute approximate surface area is 125 Å². The molecular weight excluding hydrogens is 325 g/mol. The maximum Gasteiger partial charge on any atom is 0.433 e. The van der Waals surface area contributed by atoms with Crippen molar-refractivity contribution in [2.24, 2.45) is 0 Å². The zero-order chi connectivity index (χ0) is 16.3. The largest absolute Gasteiger partial charge is 0.490 e. The van der Waals surface area contributed by atoms with Gasteiger partial charge in [0, 0.05) is 12.1 Å². The molecular formula is C12H9F3N2O4S. The van der Waals surface area contributed by atoms with E-state index in [-0.39, 0.29) is 22.4 Å². The van der Waals surface area contributed by atoms with Gasteiger partial charge in [-0.05, 0) is 0 Å². The van der Waals surface area contributed by atoms with E-state index in [2.05, 4.69) is 9.97 Å². The summed E-state index contributed by atoms with van der Waals surface area (Å²) >= 11 is 0.800. The van der Waals surface area contributed by atoms with E-state index in [1.807, 2.05) is 0 Å². The first-order valence-electron chi connectivity index (χ1n) is 5.76. The maximum absolute atomic E-state index is 12.5. The van der Waals surface area contributed by atoms with Crippen LogP contribution in [0, 0.1) is 0 Å². The summed E-state index contributed by atoms with van der Waals surface area (Å²) in [5.41, 5.74) is -2.62. The number of thioether (sulfide) groups is 1. The molecule has 0 aliphatic carbocycles. The fraction of sp³-hybridized carbons (Fsp3) is 0.250. The van der Waals surface area contributed by atoms with Gasteiger partial charge < -0.3 is 14.1 Å². The first-order chi connectivity index (χ1) is 10.3. The van der Waals surface area contributed by atoms with Crippen molar-refractivity contribution in [3.8, 4) is 5.75 Å². The maximum atomic E-state index is 12.5. The topological polar surface area (TPSA) is 85.2 Å². The molecule has 0 spiro atoms. The Morgan fingerprint density at radius 3 is 2.68 bits per heavy atom. The molecule has 22 heavy (non-hydrogen) atoms. The predicted molar refractivity (Wildman–Crippen MR) is 71.0 cm³/mol. The van der Waals surface area contributed by atoms with Gasteiger partial charge in [-0.3, -0.25) is 9.59 Å². The summed E-state index contributed by atoms with van der Waals surface area (Å²) in [7, 11) is 1.30. The van der Waals surface area contributed by atoms with Crippen LogP contribution in [0.2, 0.25) is 0 Å². The van der Waals surface area contributed by atoms with Crippen LogP contribution >= 0.6 is 11.8 Å². The molecule has 2 heterocycles. The summed E-state index contributed by atoms with van der Waals surface area (Å²) in [5, 5.41) is -0.224. The van der Waals surface area contributed by atoms with E-state index in [0.29, 0.717) is 6.07 Å². The lowest BCUT2D eigenvalue weighted by Crippen LogP contribution is -2.16. The number of rotatable bonds is 4. The second-order valence-corrected chi connectivity index (χ2v) is 4.97. The summed E-state index contributed by atoms with van der Waals surface area (Å²) in [6.45, 7) is 0. The average molecular weight is 334 g/mol. The second-order valence-electron chi connectivity index (χ2n) is 4.00. The Hall–Kier alpha value is -2.23. The van der Waals surface area contributed by atoms with E-state index in [1.54, 1.807) is 0 Å². The van der Waals surface area contributed by atoms with Gasteiger partial charge in [0.2, 0.25) is 11.2 Å². The lowest BCUT2D eigenvalue weighted by atomic mass is 10.4. The van der Waals surface area contributed by atoms with Crippen molar-refractivity contribution in [1.82, 2.24) is 9.97 Å². The van der Waals surface area contributed by atoms with Crippen LogP contribution < -0.4 is 15.7 Å². The summed E-state index contributed by atoms with van der Waals surface area (Å²) < 4.78 is 47.5. The normalized spacial score (nSPS) is 11.5. The number of alkyl halides is 3. The minimum Gasteiger partial charge on any atom is -0.490 e. The minimum atomic E-state index is -4.71. The van der Waals surface area contributed by atoms with E-state index in [4.69, 9.17) is 9.15 Å². The SMILES string of the molecule is COc1coc(CSc2nc(C(F)(F)F)cc(=O)[nH]2)cc1=O. The standard InChI is InChI=1S/C12H9F3N2O4S/c1-20-8-4-21-6(2-7(8)18)5-22-11-16-9(12(13,14)15)3-10(19)17-11/h2-4H,5H2,1H3,(H,16,17,19). The second kappa shape index (κ2) is 6.26. The molecule has 0 aliphatic heterocycles. The van der Waals surface area contributed by atoms with Crippen molar-refractivity contribution < 1.29 is 22.3 Å². The van der Waals surface area contributed by atoms with Gasteiger partial charge in [-0.15, -0.1) is 0 Å². The number of nitrogens with zero attached hydrogens (tertiary/aromatic N) is 1. The van der Waals surface area contributed by atoms with Crippen LogP contribution in [0.3, 0.4) is 0 Å². The Bertz CT molecular complexity index is 785. The van der Waals surface area contributed by atoms with E-state index >= 15 is 0 Å². The highest BCUT2D eigenvalue weighted by atomic mass is 32.2. The molecule has 0 amide bonds. The Balaban J connectivity index is 2.18. The molecule has 0 atom stereocenters. The number of ether oxygens (including phenoxy) is 1. The zero-order valence-corrected chi connectivity index (χ0v) is 11.9. The van der Waals surface area contributed by atoms with Gasteiger partial charge in [0.25, 0.3) is 5.56 Å². The third kappa shape index (κ3) is 3.91. The molecule has 0 aliphatic rings. The Morgan fingerprint density at radius 2 is 2.09 bits per heavy atom. The number of hydrogen-bond acceptors (Lipinski definition) is 6. The fourth-order valence-electron chi connectivity index (χ4n) is 1.45. The van der Waals surface area contributed by atoms with Crippen molar-refractivity contribution in [2.45, 2.75) is 17.1 Å². The lowest BCUT2D eigenvalue weighted by molar-refractivity contribution is -0.141. The summed E-state index contributed by atoms with van der Waals surface area (Å²) in [5.74, 6) is 0.235. The fourth-order valence-corrected chi connectivity index (χ4v) is 2.22. The van der Waals surface area contributed by atoms with Crippen molar-refractivity contribution in [3.63, 3.8) is 0 Å². The van der Waals surface area contributed by atoms with E-state index in [0.717, 1.165) is 24.1 Å². The van der Waals surface area contributed by atoms with Crippen LogP contribution in [0.25, 0.3) is 0 Å². The number of nitrogens with one attached hydrogen (secondary N) is 1. The summed E-state index contributed by atoms with van der Waals surface area (Å²) in [6, 6.07) is 1.52. The minimum absolute atomic E-state index is 0.0133. The highest BCUT2D eigenvalue weighted by Crippen LogP contribution is 2.28. The monoisotopic (exact) mass is 334 g/mol. The van der Waals surface area contributed by atoms with Crippen LogP contribution in [0.15, 0.2) is 37.6 Å². The Morgan fingerprint density at radius 1 is 1.36 bits per heavy atom. The molecule has 2 aromatic heterocycles. The third-order valence-electron chi connectivity index (χ3n) is 2.43. The molecule has 0 unspecified atom stereocenters. The van der Waals surface area contributed by atoms with Crippen molar-refractivity contribution in [1.29, 1.82) is 0 Å². The number of halogens is 3. The van der Waals surface area contributed by atoms with Crippen LogP contribution in [0.5, 0.6) is 5.75 Å². The van der Waals surface area contributed by atoms with Crippen LogP contribution in [-0.4, -0.2) is 17.1 Å². The molecule has 0 bridgehead atoms. The number of aromatic amines is 1. The van der Waals surface area contributed by atoms with Gasteiger partial charge >= 0.3 is 6.18 Å². The Kier molecular flexibility index (Phi) is 4.59. The van der Waals surface area contributed by atoms with E-state index in [9.17, 15) is 22.8 Å². The summed E-state index contributed by atoms with van der Waals surface area (Å²) in [4.78, 5) is 28.2. The molecule has 0 radical (unpaired) electrons. The smallest absolute Gasteiger partial charge is 0.433 e. The third-order valence-corrected chi connectivity index (χ3v) is 3.33. The first kappa shape index (κ1) is 16.1. The first-order valence-corrected chi connectivity index (χ1v) is 6.75. The van der Waals surface area contributed by atoms with Gasteiger partial charge in [0.15, 0.2) is 10.9 Å². The summed E-state index contributed by atoms with van der Waals surface area (Å²) in [6.07, 6.45) is -3.61. The predicted octanol–water partition coefficient (Wildman–Crippen LogP) is 2.04. The molecule has 10 heteroatoms. The van der Waals surface area contributed by atoms with Gasteiger partial charge in [0.1, 0.15) is 12.0 Å². The van der Waals surface area contributed by atoms with Gasteiger partial charge in [-0.2, -0.15) is 13.2 Å². The van der Waals surface area contributed by atoms with E-state index < -0.39 is 22.9 Å². The molecule has 0 saturated carbocycles. The molecule has 6 nitrogen and oxygen atoms in total. The van der Waals surface area contributed by atoms with Gasteiger partial charge in [-0.25, -0.2) is 4.98 Å². The quantitative estimate of drug-likeness (QED) is 0.680. The molecule has 118 valence electrons. The zero-order valence-electron chi connectivity index (χ0n) is 11.1. The average Bonchev–Trinajstić information content (AvgIpc) is 2.44. The molecule has 0 aromatic carbocycles. The number of methoxy groups -OCH3 is 1. The number of H-pyrrole nitrogens is 1. The molecule has 0 fully saturated rings. The van der Waals surface area contributed by atoms with Crippen molar-refractivity contribution >= 4 is 11.8 Å². The van der Waals surface area contributed by atoms with Gasteiger partial charge in [0.05, 0.1) is 12.9 Å². The van der Waals surface area contributed by atoms with E-state index in [1.165, 1.54) is 7.11 Å².